The van der Waals surface area contributed by atoms with E-state index in [1.807, 2.05) is 0 Å². The predicted octanol–water partition coefficient (Wildman–Crippen LogP) is 3.45. The first-order chi connectivity index (χ1) is 6.76. The molecule has 2 heteroatoms. The van der Waals surface area contributed by atoms with Gasteiger partial charge in [-0.2, -0.15) is 0 Å². The van der Waals surface area contributed by atoms with Gasteiger partial charge in [0.1, 0.15) is 6.29 Å². The van der Waals surface area contributed by atoms with Crippen molar-refractivity contribution in [3.8, 4) is 0 Å². The molecule has 0 heterocycles. The summed E-state index contributed by atoms with van der Waals surface area (Å²) in [6, 6.07) is 8.31. The highest BCUT2D eigenvalue weighted by molar-refractivity contribution is 8.00. The van der Waals surface area contributed by atoms with Gasteiger partial charge in [-0.25, -0.2) is 0 Å². The van der Waals surface area contributed by atoms with Gasteiger partial charge in [0.05, 0.1) is 5.25 Å². The number of aldehydes is 1. The third-order valence-corrected chi connectivity index (χ3v) is 3.23. The molecule has 0 aliphatic heterocycles. The van der Waals surface area contributed by atoms with E-state index in [4.69, 9.17) is 0 Å². The zero-order valence-electron chi connectivity index (χ0n) is 8.69. The lowest BCUT2D eigenvalue weighted by Gasteiger charge is -2.08. The Balaban J connectivity index is 2.57. The summed E-state index contributed by atoms with van der Waals surface area (Å²) in [5.41, 5.74) is 1.26. The maximum atomic E-state index is 10.7. The lowest BCUT2D eigenvalue weighted by molar-refractivity contribution is -0.107. The highest BCUT2D eigenvalue weighted by Crippen LogP contribution is 2.25. The number of benzene rings is 1. The Morgan fingerprint density at radius 1 is 1.36 bits per heavy atom. The number of carbonyl (C=O) groups excluding carboxylic acids is 1. The van der Waals surface area contributed by atoms with E-state index in [1.165, 1.54) is 10.5 Å². The molecule has 14 heavy (non-hydrogen) atoms. The molecule has 0 fully saturated rings. The minimum absolute atomic E-state index is 0.114. The average molecular weight is 208 g/mol. The highest BCUT2D eigenvalue weighted by Gasteiger charge is 2.07. The van der Waals surface area contributed by atoms with Gasteiger partial charge < -0.3 is 4.79 Å². The van der Waals surface area contributed by atoms with Crippen LogP contribution in [0, 0.1) is 6.92 Å². The quantitative estimate of drug-likeness (QED) is 0.544. The number of hydrogen-bond donors (Lipinski definition) is 0. The van der Waals surface area contributed by atoms with Crippen LogP contribution < -0.4 is 0 Å². The van der Waals surface area contributed by atoms with Crippen LogP contribution in [-0.2, 0) is 4.79 Å². The lowest BCUT2D eigenvalue weighted by atomic mass is 10.2. The van der Waals surface area contributed by atoms with E-state index in [-0.39, 0.29) is 5.25 Å². The molecule has 0 saturated heterocycles. The van der Waals surface area contributed by atoms with E-state index in [2.05, 4.69) is 38.1 Å². The van der Waals surface area contributed by atoms with E-state index in [1.54, 1.807) is 11.8 Å². The Kier molecular flexibility index (Phi) is 4.74. The van der Waals surface area contributed by atoms with E-state index >= 15 is 0 Å². The van der Waals surface area contributed by atoms with Gasteiger partial charge in [-0.1, -0.05) is 31.0 Å². The SMILES string of the molecule is CCCC(C=O)Sc1ccc(C)cc1. The summed E-state index contributed by atoms with van der Waals surface area (Å²) < 4.78 is 0. The molecule has 1 unspecified atom stereocenters. The Hall–Kier alpha value is -0.760. The Morgan fingerprint density at radius 2 is 2.00 bits per heavy atom. The first-order valence-electron chi connectivity index (χ1n) is 4.95. The second-order valence-corrected chi connectivity index (χ2v) is 4.71. The van der Waals surface area contributed by atoms with Crippen molar-refractivity contribution in [1.29, 1.82) is 0 Å². The largest absolute Gasteiger partial charge is 0.302 e. The lowest BCUT2D eigenvalue weighted by Crippen LogP contribution is -2.02. The Morgan fingerprint density at radius 3 is 2.50 bits per heavy atom. The van der Waals surface area contributed by atoms with Gasteiger partial charge in [-0.15, -0.1) is 11.8 Å². The molecule has 76 valence electrons. The molecule has 0 amide bonds. The predicted molar refractivity (Wildman–Crippen MR) is 61.8 cm³/mol. The van der Waals surface area contributed by atoms with Crippen LogP contribution in [0.2, 0.25) is 0 Å². The van der Waals surface area contributed by atoms with Gasteiger partial charge in [-0.3, -0.25) is 0 Å². The Bertz CT molecular complexity index is 279. The minimum atomic E-state index is 0.114. The van der Waals surface area contributed by atoms with Gasteiger partial charge in [0.2, 0.25) is 0 Å². The molecule has 0 N–H and O–H groups in total. The topological polar surface area (TPSA) is 17.1 Å². The maximum Gasteiger partial charge on any atom is 0.133 e. The number of hydrogen-bond acceptors (Lipinski definition) is 2. The van der Waals surface area contributed by atoms with Crippen molar-refractivity contribution in [2.24, 2.45) is 0 Å². The molecule has 0 aromatic heterocycles. The standard InChI is InChI=1S/C12H16OS/c1-3-4-12(9-13)14-11-7-5-10(2)6-8-11/h5-9,12H,3-4H2,1-2H3. The molecule has 0 aliphatic carbocycles. The fraction of sp³-hybridized carbons (Fsp3) is 0.417. The van der Waals surface area contributed by atoms with Gasteiger partial charge >= 0.3 is 0 Å². The molecule has 0 saturated carbocycles. The highest BCUT2D eigenvalue weighted by atomic mass is 32.2. The molecule has 0 bridgehead atoms. The van der Waals surface area contributed by atoms with Crippen LogP contribution in [0.4, 0.5) is 0 Å². The monoisotopic (exact) mass is 208 g/mol. The van der Waals surface area contributed by atoms with Crippen LogP contribution in [0.15, 0.2) is 29.2 Å². The molecule has 1 rings (SSSR count). The Labute approximate surface area is 89.9 Å². The summed E-state index contributed by atoms with van der Waals surface area (Å²) in [7, 11) is 0. The van der Waals surface area contributed by atoms with E-state index in [0.717, 1.165) is 19.1 Å². The minimum Gasteiger partial charge on any atom is -0.302 e. The van der Waals surface area contributed by atoms with Gasteiger partial charge in [0.25, 0.3) is 0 Å². The third-order valence-electron chi connectivity index (χ3n) is 2.03. The first kappa shape index (κ1) is 11.3. The second kappa shape index (κ2) is 5.86. The van der Waals surface area contributed by atoms with E-state index < -0.39 is 0 Å². The second-order valence-electron chi connectivity index (χ2n) is 3.39. The average Bonchev–Trinajstić information content (AvgIpc) is 2.20. The molecular weight excluding hydrogens is 192 g/mol. The summed E-state index contributed by atoms with van der Waals surface area (Å²) in [4.78, 5) is 11.9. The van der Waals surface area contributed by atoms with Crippen molar-refractivity contribution in [3.63, 3.8) is 0 Å². The molecule has 0 radical (unpaired) electrons. The molecule has 1 aromatic rings. The van der Waals surface area contributed by atoms with Crippen LogP contribution in [0.1, 0.15) is 25.3 Å². The fourth-order valence-electron chi connectivity index (χ4n) is 1.23. The summed E-state index contributed by atoms with van der Waals surface area (Å²) in [6.07, 6.45) is 3.07. The molecular formula is C12H16OS. The van der Waals surface area contributed by atoms with Gasteiger partial charge in [-0.05, 0) is 25.5 Å². The van der Waals surface area contributed by atoms with Crippen LogP contribution in [0.5, 0.6) is 0 Å². The van der Waals surface area contributed by atoms with Crippen LogP contribution in [-0.4, -0.2) is 11.5 Å². The summed E-state index contributed by atoms with van der Waals surface area (Å²) in [5.74, 6) is 0. The summed E-state index contributed by atoms with van der Waals surface area (Å²) in [6.45, 7) is 4.17. The van der Waals surface area contributed by atoms with Crippen molar-refractivity contribution in [2.75, 3.05) is 0 Å². The van der Waals surface area contributed by atoms with Crippen LogP contribution >= 0.6 is 11.8 Å². The summed E-state index contributed by atoms with van der Waals surface area (Å²) in [5, 5.41) is 0.114. The molecule has 0 spiro atoms. The first-order valence-corrected chi connectivity index (χ1v) is 5.83. The van der Waals surface area contributed by atoms with E-state index in [0.29, 0.717) is 0 Å². The third kappa shape index (κ3) is 3.54. The van der Waals surface area contributed by atoms with Gasteiger partial charge in [0, 0.05) is 4.90 Å². The molecule has 0 aliphatic rings. The zero-order chi connectivity index (χ0) is 10.4. The van der Waals surface area contributed by atoms with Crippen LogP contribution in [0.25, 0.3) is 0 Å². The zero-order valence-corrected chi connectivity index (χ0v) is 9.51. The van der Waals surface area contributed by atoms with E-state index in [9.17, 15) is 4.79 Å². The molecule has 1 atom stereocenters. The van der Waals surface area contributed by atoms with Gasteiger partial charge in [0.15, 0.2) is 0 Å². The van der Waals surface area contributed by atoms with Crippen molar-refractivity contribution >= 4 is 18.0 Å². The number of aryl methyl sites for hydroxylation is 1. The van der Waals surface area contributed by atoms with Crippen molar-refractivity contribution in [2.45, 2.75) is 36.8 Å². The van der Waals surface area contributed by atoms with Crippen molar-refractivity contribution < 1.29 is 4.79 Å². The fourth-order valence-corrected chi connectivity index (χ4v) is 2.28. The number of rotatable bonds is 5. The smallest absolute Gasteiger partial charge is 0.133 e. The summed E-state index contributed by atoms with van der Waals surface area (Å²) >= 11 is 1.65. The van der Waals surface area contributed by atoms with Crippen molar-refractivity contribution in [3.05, 3.63) is 29.8 Å². The normalized spacial score (nSPS) is 12.4. The van der Waals surface area contributed by atoms with Crippen LogP contribution in [0.3, 0.4) is 0 Å². The molecule has 1 nitrogen and oxygen atoms in total. The number of thioether (sulfide) groups is 1. The van der Waals surface area contributed by atoms with Crippen molar-refractivity contribution in [1.82, 2.24) is 0 Å². The maximum absolute atomic E-state index is 10.7. The molecule has 1 aromatic carbocycles. The number of carbonyl (C=O) groups is 1.